The van der Waals surface area contributed by atoms with E-state index in [4.69, 9.17) is 4.74 Å². The van der Waals surface area contributed by atoms with Crippen LogP contribution in [0, 0.1) is 13.8 Å². The average Bonchev–Trinajstić information content (AvgIpc) is 2.62. The van der Waals surface area contributed by atoms with E-state index in [0.29, 0.717) is 30.2 Å². The molecule has 0 bridgehead atoms. The van der Waals surface area contributed by atoms with Crippen LogP contribution in [0.1, 0.15) is 31.4 Å². The molecule has 2 aromatic carbocycles. The largest absolute Gasteiger partial charge is 0.494 e. The van der Waals surface area contributed by atoms with E-state index in [1.54, 1.807) is 31.2 Å². The average molecular weight is 405 g/mol. The molecule has 0 aliphatic rings. The summed E-state index contributed by atoms with van der Waals surface area (Å²) in [6, 6.07) is 11.5. The lowest BCUT2D eigenvalue weighted by Crippen LogP contribution is -2.47. The van der Waals surface area contributed by atoms with E-state index < -0.39 is 16.1 Å². The zero-order chi connectivity index (χ0) is 20.9. The van der Waals surface area contributed by atoms with Crippen LogP contribution in [-0.4, -0.2) is 33.2 Å². The molecular formula is C21H28N2O4S. The lowest BCUT2D eigenvalue weighted by molar-refractivity contribution is -0.117. The second-order valence-electron chi connectivity index (χ2n) is 6.72. The van der Waals surface area contributed by atoms with Gasteiger partial charge in [0.25, 0.3) is 0 Å². The van der Waals surface area contributed by atoms with E-state index in [1.807, 2.05) is 39.0 Å². The van der Waals surface area contributed by atoms with Gasteiger partial charge in [-0.05, 0) is 63.1 Å². The van der Waals surface area contributed by atoms with Crippen LogP contribution in [0.2, 0.25) is 0 Å². The van der Waals surface area contributed by atoms with Gasteiger partial charge in [-0.15, -0.1) is 0 Å². The smallest absolute Gasteiger partial charge is 0.248 e. The van der Waals surface area contributed by atoms with Gasteiger partial charge >= 0.3 is 0 Å². The fraction of sp³-hybridized carbons (Fsp3) is 0.381. The van der Waals surface area contributed by atoms with Crippen LogP contribution in [0.4, 0.5) is 11.4 Å². The lowest BCUT2D eigenvalue weighted by atomic mass is 10.1. The van der Waals surface area contributed by atoms with Crippen molar-refractivity contribution in [2.75, 3.05) is 22.5 Å². The van der Waals surface area contributed by atoms with Crippen molar-refractivity contribution in [1.29, 1.82) is 0 Å². The predicted molar refractivity (Wildman–Crippen MR) is 114 cm³/mol. The highest BCUT2D eigenvalue weighted by atomic mass is 32.2. The highest BCUT2D eigenvalue weighted by Crippen LogP contribution is 2.26. The molecule has 0 aliphatic heterocycles. The van der Waals surface area contributed by atoms with Gasteiger partial charge < -0.3 is 10.1 Å². The number of anilines is 2. The number of carbonyl (C=O) groups is 1. The van der Waals surface area contributed by atoms with Gasteiger partial charge in [0, 0.05) is 5.69 Å². The molecule has 0 aliphatic carbocycles. The number of benzene rings is 2. The van der Waals surface area contributed by atoms with Crippen molar-refractivity contribution in [3.8, 4) is 5.75 Å². The summed E-state index contributed by atoms with van der Waals surface area (Å²) >= 11 is 0. The normalized spacial score (nSPS) is 12.3. The molecule has 1 N–H and O–H groups in total. The van der Waals surface area contributed by atoms with Crippen LogP contribution >= 0.6 is 0 Å². The van der Waals surface area contributed by atoms with Crippen molar-refractivity contribution in [2.45, 2.75) is 40.2 Å². The quantitative estimate of drug-likeness (QED) is 0.724. The van der Waals surface area contributed by atoms with E-state index in [0.717, 1.165) is 17.4 Å². The molecule has 1 amide bonds. The summed E-state index contributed by atoms with van der Waals surface area (Å²) in [6.07, 6.45) is 1.44. The Bertz CT molecular complexity index is 924. The van der Waals surface area contributed by atoms with Gasteiger partial charge in [-0.2, -0.15) is 0 Å². The van der Waals surface area contributed by atoms with E-state index >= 15 is 0 Å². The molecule has 7 heteroatoms. The highest BCUT2D eigenvalue weighted by Gasteiger charge is 2.31. The van der Waals surface area contributed by atoms with Gasteiger partial charge in [0.1, 0.15) is 11.8 Å². The van der Waals surface area contributed by atoms with E-state index in [9.17, 15) is 13.2 Å². The number of nitrogens with zero attached hydrogens (tertiary/aromatic N) is 1. The fourth-order valence-corrected chi connectivity index (χ4v) is 4.30. The third kappa shape index (κ3) is 5.25. The second kappa shape index (κ2) is 9.10. The second-order valence-corrected chi connectivity index (χ2v) is 8.58. The van der Waals surface area contributed by atoms with Crippen molar-refractivity contribution in [2.24, 2.45) is 0 Å². The summed E-state index contributed by atoms with van der Waals surface area (Å²) in [5, 5.41) is 2.87. The van der Waals surface area contributed by atoms with Crippen molar-refractivity contribution < 1.29 is 17.9 Å². The summed E-state index contributed by atoms with van der Waals surface area (Å²) in [7, 11) is -3.68. The Morgan fingerprint density at radius 1 is 1.11 bits per heavy atom. The molecule has 0 aromatic heterocycles. The summed E-state index contributed by atoms with van der Waals surface area (Å²) in [5.41, 5.74) is 3.12. The number of carbonyl (C=O) groups excluding carboxylic acids is 1. The third-order valence-corrected chi connectivity index (χ3v) is 5.55. The molecule has 0 radical (unpaired) electrons. The van der Waals surface area contributed by atoms with Crippen LogP contribution < -0.4 is 14.4 Å². The molecule has 0 saturated heterocycles. The molecule has 2 aromatic rings. The van der Waals surface area contributed by atoms with Gasteiger partial charge in [-0.3, -0.25) is 9.10 Å². The van der Waals surface area contributed by atoms with Gasteiger partial charge in [0.05, 0.1) is 18.6 Å². The number of amides is 1. The Morgan fingerprint density at radius 2 is 1.75 bits per heavy atom. The van der Waals surface area contributed by atoms with Crippen LogP contribution in [0.3, 0.4) is 0 Å². The number of aryl methyl sites for hydroxylation is 2. The first-order chi connectivity index (χ1) is 13.2. The van der Waals surface area contributed by atoms with Crippen molar-refractivity contribution >= 4 is 27.3 Å². The van der Waals surface area contributed by atoms with E-state index in [-0.39, 0.29) is 5.91 Å². The summed E-state index contributed by atoms with van der Waals surface area (Å²) in [6.45, 7) is 8.07. The van der Waals surface area contributed by atoms with Gasteiger partial charge in [0.2, 0.25) is 15.9 Å². The maximum atomic E-state index is 13.0. The van der Waals surface area contributed by atoms with Crippen molar-refractivity contribution in [3.05, 3.63) is 53.6 Å². The maximum absolute atomic E-state index is 13.0. The molecule has 0 saturated carbocycles. The highest BCUT2D eigenvalue weighted by molar-refractivity contribution is 7.92. The molecular weight excluding hydrogens is 376 g/mol. The summed E-state index contributed by atoms with van der Waals surface area (Å²) in [5.74, 6) is 0.279. The minimum Gasteiger partial charge on any atom is -0.494 e. The number of nitrogens with one attached hydrogen (secondary N) is 1. The van der Waals surface area contributed by atoms with E-state index in [2.05, 4.69) is 5.32 Å². The molecule has 1 unspecified atom stereocenters. The molecule has 0 fully saturated rings. The molecule has 2 rings (SSSR count). The van der Waals surface area contributed by atoms with E-state index in [1.165, 1.54) is 4.31 Å². The number of hydrogen-bond donors (Lipinski definition) is 1. The SMILES string of the molecule is CCOc1ccc(N(C(CC)C(=O)Nc2ccc(C)cc2C)S(C)(=O)=O)cc1. The zero-order valence-electron chi connectivity index (χ0n) is 17.0. The molecule has 28 heavy (non-hydrogen) atoms. The molecule has 0 heterocycles. The van der Waals surface area contributed by atoms with Crippen LogP contribution in [-0.2, 0) is 14.8 Å². The monoisotopic (exact) mass is 404 g/mol. The Kier molecular flexibility index (Phi) is 7.07. The van der Waals surface area contributed by atoms with Crippen molar-refractivity contribution in [1.82, 2.24) is 0 Å². The third-order valence-electron chi connectivity index (χ3n) is 4.37. The topological polar surface area (TPSA) is 75.7 Å². The molecule has 1 atom stereocenters. The van der Waals surface area contributed by atoms with Crippen LogP contribution in [0.5, 0.6) is 5.75 Å². The van der Waals surface area contributed by atoms with Gasteiger partial charge in [-0.25, -0.2) is 8.42 Å². The van der Waals surface area contributed by atoms with Crippen LogP contribution in [0.15, 0.2) is 42.5 Å². The van der Waals surface area contributed by atoms with Gasteiger partial charge in [0.15, 0.2) is 0 Å². The molecule has 6 nitrogen and oxygen atoms in total. The first-order valence-electron chi connectivity index (χ1n) is 9.27. The number of rotatable bonds is 8. The Morgan fingerprint density at radius 3 is 2.25 bits per heavy atom. The molecule has 0 spiro atoms. The summed E-state index contributed by atoms with van der Waals surface area (Å²) in [4.78, 5) is 13.0. The standard InChI is InChI=1S/C21H28N2O4S/c1-6-20(21(24)22-19-13-8-15(3)14-16(19)4)23(28(5,25)26)17-9-11-18(12-10-17)27-7-2/h8-14,20H,6-7H2,1-5H3,(H,22,24). The molecule has 152 valence electrons. The Labute approximate surface area is 167 Å². The zero-order valence-corrected chi connectivity index (χ0v) is 17.8. The summed E-state index contributed by atoms with van der Waals surface area (Å²) < 4.78 is 31.6. The number of sulfonamides is 1. The van der Waals surface area contributed by atoms with Crippen LogP contribution in [0.25, 0.3) is 0 Å². The lowest BCUT2D eigenvalue weighted by Gasteiger charge is -2.30. The first-order valence-corrected chi connectivity index (χ1v) is 11.1. The van der Waals surface area contributed by atoms with Crippen molar-refractivity contribution in [3.63, 3.8) is 0 Å². The Hall–Kier alpha value is -2.54. The van der Waals surface area contributed by atoms with Gasteiger partial charge in [-0.1, -0.05) is 24.6 Å². The fourth-order valence-electron chi connectivity index (χ4n) is 3.09. The maximum Gasteiger partial charge on any atom is 0.248 e. The number of hydrogen-bond acceptors (Lipinski definition) is 4. The number of ether oxygens (including phenoxy) is 1. The predicted octanol–water partition coefficient (Wildman–Crippen LogP) is 3.89. The Balaban J connectivity index is 2.35. The minimum atomic E-state index is -3.68. The minimum absolute atomic E-state index is 0.330. The first kappa shape index (κ1) is 21.8.